The number of para-hydroxylation sites is 3. The Morgan fingerprint density at radius 2 is 1.33 bits per heavy atom. The Hall–Kier alpha value is -2.68. The third-order valence-corrected chi connectivity index (χ3v) is 4.52. The van der Waals surface area contributed by atoms with Crippen LogP contribution in [0.4, 0.5) is 0 Å². The summed E-state index contributed by atoms with van der Waals surface area (Å²) in [5.74, 6) is 1.05. The van der Waals surface area contributed by atoms with E-state index in [1.807, 2.05) is 32.0 Å². The van der Waals surface area contributed by atoms with E-state index in [4.69, 9.17) is 9.97 Å². The van der Waals surface area contributed by atoms with Gasteiger partial charge in [0.15, 0.2) is 0 Å². The van der Waals surface area contributed by atoms with Crippen LogP contribution in [0.15, 0.2) is 61.7 Å². The summed E-state index contributed by atoms with van der Waals surface area (Å²) in [6, 6.07) is 16.5. The van der Waals surface area contributed by atoms with Gasteiger partial charge in [0.2, 0.25) is 0 Å². The Kier molecular flexibility index (Phi) is 10.2. The van der Waals surface area contributed by atoms with Crippen molar-refractivity contribution < 1.29 is 0 Å². The maximum absolute atomic E-state index is 4.92. The molecule has 0 saturated carbocycles. The molecule has 0 aliphatic rings. The lowest BCUT2D eigenvalue weighted by Crippen LogP contribution is -2.18. The van der Waals surface area contributed by atoms with Crippen LogP contribution in [-0.2, 0) is 5.41 Å². The van der Waals surface area contributed by atoms with Crippen molar-refractivity contribution in [2.45, 2.75) is 73.1 Å². The third-order valence-electron chi connectivity index (χ3n) is 4.52. The van der Waals surface area contributed by atoms with Crippen LogP contribution < -0.4 is 0 Å². The van der Waals surface area contributed by atoms with E-state index in [1.165, 1.54) is 19.3 Å². The van der Waals surface area contributed by atoms with Crippen LogP contribution in [0.3, 0.4) is 0 Å². The van der Waals surface area contributed by atoms with Gasteiger partial charge in [-0.1, -0.05) is 92.0 Å². The lowest BCUT2D eigenvalue weighted by atomic mass is 9.95. The van der Waals surface area contributed by atoms with E-state index in [9.17, 15) is 0 Å². The molecule has 0 aliphatic carbocycles. The van der Waals surface area contributed by atoms with Gasteiger partial charge in [0, 0.05) is 10.8 Å². The molecule has 30 heavy (non-hydrogen) atoms. The van der Waals surface area contributed by atoms with Crippen LogP contribution in [-0.4, -0.2) is 14.4 Å². The van der Waals surface area contributed by atoms with E-state index < -0.39 is 0 Å². The Labute approximate surface area is 182 Å². The topological polar surface area (TPSA) is 30.2 Å². The largest absolute Gasteiger partial charge is 0.279 e. The molecule has 0 atom stereocenters. The lowest BCUT2D eigenvalue weighted by Gasteiger charge is -2.20. The van der Waals surface area contributed by atoms with Crippen molar-refractivity contribution >= 4 is 27.6 Å². The van der Waals surface area contributed by atoms with Crippen LogP contribution in [0, 0.1) is 0 Å². The molecule has 4 aromatic rings. The Morgan fingerprint density at radius 1 is 0.800 bits per heavy atom. The van der Waals surface area contributed by atoms with Gasteiger partial charge in [0.05, 0.1) is 16.6 Å². The zero-order valence-corrected chi connectivity index (χ0v) is 20.0. The van der Waals surface area contributed by atoms with E-state index in [-0.39, 0.29) is 5.41 Å². The summed E-state index contributed by atoms with van der Waals surface area (Å²) in [5.41, 5.74) is 4.08. The van der Waals surface area contributed by atoms with E-state index in [1.54, 1.807) is 0 Å². The highest BCUT2D eigenvalue weighted by molar-refractivity contribution is 5.96. The third kappa shape index (κ3) is 5.69. The number of aromatic nitrogens is 3. The van der Waals surface area contributed by atoms with Crippen molar-refractivity contribution in [3.05, 3.63) is 67.5 Å². The van der Waals surface area contributed by atoms with Gasteiger partial charge in [0.25, 0.3) is 0 Å². The van der Waals surface area contributed by atoms with Gasteiger partial charge in [-0.2, -0.15) is 0 Å². The molecule has 4 rings (SSSR count). The van der Waals surface area contributed by atoms with Crippen LogP contribution in [0.1, 0.15) is 73.6 Å². The van der Waals surface area contributed by atoms with E-state index in [2.05, 4.69) is 82.5 Å². The molecule has 0 saturated heterocycles. The number of hydrogen-bond acceptors (Lipinski definition) is 2. The molecule has 0 spiro atoms. The average Bonchev–Trinajstić information content (AvgIpc) is 3.16. The number of fused-ring (bicyclic) bond motifs is 5. The predicted octanol–water partition coefficient (Wildman–Crippen LogP) is 8.36. The van der Waals surface area contributed by atoms with Gasteiger partial charge < -0.3 is 0 Å². The van der Waals surface area contributed by atoms with Gasteiger partial charge in [-0.15, -0.1) is 13.2 Å². The average molecular weight is 406 g/mol. The molecule has 0 amide bonds. The normalized spacial score (nSPS) is 10.5. The minimum atomic E-state index is -0.0498. The molecule has 3 nitrogen and oxygen atoms in total. The van der Waals surface area contributed by atoms with E-state index >= 15 is 0 Å². The summed E-state index contributed by atoms with van der Waals surface area (Å²) in [6.07, 6.45) is 4.08. The first-order valence-corrected chi connectivity index (χ1v) is 11.1. The highest BCUT2D eigenvalue weighted by Crippen LogP contribution is 2.29. The van der Waals surface area contributed by atoms with Crippen LogP contribution in [0.5, 0.6) is 0 Å². The molecule has 0 fully saturated rings. The summed E-state index contributed by atoms with van der Waals surface area (Å²) in [7, 11) is 0. The molecule has 162 valence electrons. The smallest absolute Gasteiger partial charge is 0.148 e. The van der Waals surface area contributed by atoms with E-state index in [0.29, 0.717) is 0 Å². The molecule has 2 aromatic heterocycles. The summed E-state index contributed by atoms with van der Waals surface area (Å²) < 4.78 is 2.21. The highest BCUT2D eigenvalue weighted by Gasteiger charge is 2.22. The number of nitrogens with zero attached hydrogens (tertiary/aromatic N) is 3. The number of hydrogen-bond donors (Lipinski definition) is 0. The van der Waals surface area contributed by atoms with Crippen molar-refractivity contribution in [2.75, 3.05) is 0 Å². The number of rotatable bonds is 2. The summed E-state index contributed by atoms with van der Waals surface area (Å²) >= 11 is 0. The molecule has 0 radical (unpaired) electrons. The van der Waals surface area contributed by atoms with Crippen molar-refractivity contribution in [3.63, 3.8) is 0 Å². The molecule has 0 unspecified atom stereocenters. The highest BCUT2D eigenvalue weighted by atomic mass is 15.1. The van der Waals surface area contributed by atoms with Crippen LogP contribution in [0.25, 0.3) is 27.6 Å². The zero-order chi connectivity index (χ0) is 22.7. The Morgan fingerprint density at radius 3 is 1.87 bits per heavy atom. The molecule has 2 aromatic carbocycles. The maximum atomic E-state index is 4.92. The fraction of sp³-hybridized carbons (Fsp3) is 0.407. The summed E-state index contributed by atoms with van der Waals surface area (Å²) in [5, 5.41) is 1.10. The summed E-state index contributed by atoms with van der Waals surface area (Å²) in [6.45, 7) is 21.0. The standard InChI is InChI=1S/C18H17N3.C5H12.C2H6.C2H4/c1-18(2,3)17-20-13-9-5-4-8-12(13)16-19-14-10-6-7-11-15(14)21(16)17;1-3-5-4-2;2*1-2/h4-11H,1-3H3;3-5H2,1-2H3;1-2H3;1-2H2. The number of benzene rings is 2. The van der Waals surface area contributed by atoms with Gasteiger partial charge in [-0.05, 0) is 24.3 Å². The second kappa shape index (κ2) is 12.1. The molecule has 3 heteroatoms. The molecule has 0 bridgehead atoms. The van der Waals surface area contributed by atoms with Crippen molar-refractivity contribution in [1.82, 2.24) is 14.4 Å². The molecule has 0 aliphatic heterocycles. The van der Waals surface area contributed by atoms with Gasteiger partial charge in [-0.25, -0.2) is 9.97 Å². The fourth-order valence-electron chi connectivity index (χ4n) is 3.20. The van der Waals surface area contributed by atoms with Crippen LogP contribution >= 0.6 is 0 Å². The minimum Gasteiger partial charge on any atom is -0.279 e. The van der Waals surface area contributed by atoms with Crippen molar-refractivity contribution in [1.29, 1.82) is 0 Å². The van der Waals surface area contributed by atoms with Crippen molar-refractivity contribution in [3.8, 4) is 0 Å². The minimum absolute atomic E-state index is 0.0498. The Balaban J connectivity index is 0.000000435. The molecular formula is C27H39N3. The van der Waals surface area contributed by atoms with Crippen LogP contribution in [0.2, 0.25) is 0 Å². The second-order valence-corrected chi connectivity index (χ2v) is 7.82. The maximum Gasteiger partial charge on any atom is 0.148 e. The number of imidazole rings is 1. The van der Waals surface area contributed by atoms with Crippen molar-refractivity contribution in [2.24, 2.45) is 0 Å². The monoisotopic (exact) mass is 405 g/mol. The second-order valence-electron chi connectivity index (χ2n) is 7.82. The first-order valence-electron chi connectivity index (χ1n) is 11.1. The Bertz CT molecular complexity index is 1040. The molecular weight excluding hydrogens is 366 g/mol. The first kappa shape index (κ1) is 25.4. The number of unbranched alkanes of at least 4 members (excludes halogenated alkanes) is 2. The SMILES string of the molecule is C=C.CC.CC(C)(C)c1nc2ccccc2c2nc3ccccc3n12.CCCCC. The van der Waals surface area contributed by atoms with Gasteiger partial charge >= 0.3 is 0 Å². The van der Waals surface area contributed by atoms with E-state index in [0.717, 1.165) is 33.4 Å². The van der Waals surface area contributed by atoms with Gasteiger partial charge in [-0.3, -0.25) is 4.40 Å². The van der Waals surface area contributed by atoms with Gasteiger partial charge in [0.1, 0.15) is 11.5 Å². The quantitative estimate of drug-likeness (QED) is 0.314. The fourth-order valence-corrected chi connectivity index (χ4v) is 3.20. The molecule has 0 N–H and O–H groups in total. The predicted molar refractivity (Wildman–Crippen MR) is 134 cm³/mol. The lowest BCUT2D eigenvalue weighted by molar-refractivity contribution is 0.542. The molecule has 2 heterocycles. The first-order chi connectivity index (χ1) is 14.5. The summed E-state index contributed by atoms with van der Waals surface area (Å²) in [4.78, 5) is 9.76. The zero-order valence-electron chi connectivity index (χ0n) is 20.0.